The van der Waals surface area contributed by atoms with Crippen LogP contribution in [0.3, 0.4) is 0 Å². The summed E-state index contributed by atoms with van der Waals surface area (Å²) in [5, 5.41) is 3.89. The Hall–Kier alpha value is -0.800. The third kappa shape index (κ3) is 3.03. The van der Waals surface area contributed by atoms with Gasteiger partial charge in [0.25, 0.3) is 0 Å². The number of nitrogens with one attached hydrogen (secondary N) is 1. The van der Waals surface area contributed by atoms with Crippen molar-refractivity contribution in [2.75, 3.05) is 25.0 Å². The molecule has 1 aromatic heterocycles. The van der Waals surface area contributed by atoms with Crippen LogP contribution in [0, 0.1) is 5.41 Å². The first kappa shape index (κ1) is 14.6. The Kier molecular flexibility index (Phi) is 4.69. The first-order valence-corrected chi connectivity index (χ1v) is 7.56. The molecule has 0 spiro atoms. The fraction of sp³-hybridized carbons (Fsp3) is 0.667. The van der Waals surface area contributed by atoms with Gasteiger partial charge in [-0.05, 0) is 43.4 Å². The Balaban J connectivity index is 2.15. The second-order valence-corrected chi connectivity index (χ2v) is 5.97. The van der Waals surface area contributed by atoms with Crippen molar-refractivity contribution < 1.29 is 0 Å². The van der Waals surface area contributed by atoms with E-state index in [4.69, 9.17) is 11.6 Å². The van der Waals surface area contributed by atoms with Crippen molar-refractivity contribution in [1.29, 1.82) is 0 Å². The molecule has 1 N–H and O–H groups in total. The lowest BCUT2D eigenvalue weighted by Crippen LogP contribution is -2.27. The molecular weight excluding hydrogens is 258 g/mol. The van der Waals surface area contributed by atoms with Crippen LogP contribution in [0.5, 0.6) is 0 Å². The Bertz CT molecular complexity index is 429. The van der Waals surface area contributed by atoms with Crippen LogP contribution >= 0.6 is 11.6 Å². The Morgan fingerprint density at radius 2 is 2.16 bits per heavy atom. The van der Waals surface area contributed by atoms with E-state index >= 15 is 0 Å². The molecule has 19 heavy (non-hydrogen) atoms. The fourth-order valence-electron chi connectivity index (χ4n) is 2.95. The van der Waals surface area contributed by atoms with Gasteiger partial charge in [0.1, 0.15) is 5.82 Å². The number of aromatic nitrogens is 1. The smallest absolute Gasteiger partial charge is 0.147 e. The standard InChI is InChI=1S/C15H24ClN3/c1-4-15(5-2)6-7-19(11-15)14-13(16)8-12(9-17-3)10-18-14/h8,10,17H,4-7,9,11H2,1-3H3. The summed E-state index contributed by atoms with van der Waals surface area (Å²) in [5.74, 6) is 0.949. The maximum atomic E-state index is 6.39. The highest BCUT2D eigenvalue weighted by Gasteiger charge is 2.36. The van der Waals surface area contributed by atoms with Gasteiger partial charge in [0.15, 0.2) is 0 Å². The zero-order valence-corrected chi connectivity index (χ0v) is 12.9. The number of hydrogen-bond donors (Lipinski definition) is 1. The minimum absolute atomic E-state index is 0.453. The van der Waals surface area contributed by atoms with Crippen LogP contribution in [0.2, 0.25) is 5.02 Å². The van der Waals surface area contributed by atoms with Gasteiger partial charge < -0.3 is 10.2 Å². The molecule has 0 aromatic carbocycles. The molecule has 3 nitrogen and oxygen atoms in total. The summed E-state index contributed by atoms with van der Waals surface area (Å²) < 4.78 is 0. The molecule has 1 aliphatic rings. The third-order valence-corrected chi connectivity index (χ3v) is 4.78. The van der Waals surface area contributed by atoms with Crippen molar-refractivity contribution in [1.82, 2.24) is 10.3 Å². The maximum absolute atomic E-state index is 6.39. The third-order valence-electron chi connectivity index (χ3n) is 4.50. The Morgan fingerprint density at radius 3 is 2.68 bits per heavy atom. The van der Waals surface area contributed by atoms with Crippen molar-refractivity contribution in [2.24, 2.45) is 5.41 Å². The second kappa shape index (κ2) is 6.10. The van der Waals surface area contributed by atoms with Crippen LogP contribution in [0.25, 0.3) is 0 Å². The molecule has 0 saturated carbocycles. The van der Waals surface area contributed by atoms with Crippen molar-refractivity contribution in [3.63, 3.8) is 0 Å². The number of halogens is 1. The van der Waals surface area contributed by atoms with E-state index in [2.05, 4.69) is 29.0 Å². The van der Waals surface area contributed by atoms with Crippen molar-refractivity contribution in [2.45, 2.75) is 39.7 Å². The van der Waals surface area contributed by atoms with E-state index in [1.54, 1.807) is 0 Å². The largest absolute Gasteiger partial charge is 0.355 e. The van der Waals surface area contributed by atoms with Crippen LogP contribution < -0.4 is 10.2 Å². The van der Waals surface area contributed by atoms with Crippen LogP contribution in [0.1, 0.15) is 38.7 Å². The normalized spacial score (nSPS) is 18.0. The van der Waals surface area contributed by atoms with E-state index < -0.39 is 0 Å². The minimum atomic E-state index is 0.453. The molecule has 0 amide bonds. The van der Waals surface area contributed by atoms with E-state index in [1.807, 2.05) is 19.3 Å². The maximum Gasteiger partial charge on any atom is 0.147 e. The Morgan fingerprint density at radius 1 is 1.42 bits per heavy atom. The summed E-state index contributed by atoms with van der Waals surface area (Å²) in [7, 11) is 1.93. The molecule has 0 aliphatic carbocycles. The van der Waals surface area contributed by atoms with Gasteiger partial charge in [0.2, 0.25) is 0 Å². The van der Waals surface area contributed by atoms with Gasteiger partial charge in [0.05, 0.1) is 5.02 Å². The number of anilines is 1. The number of hydrogen-bond acceptors (Lipinski definition) is 3. The molecular formula is C15H24ClN3. The van der Waals surface area contributed by atoms with Crippen LogP contribution in [0.4, 0.5) is 5.82 Å². The average molecular weight is 282 g/mol. The van der Waals surface area contributed by atoms with E-state index in [1.165, 1.54) is 19.3 Å². The minimum Gasteiger partial charge on any atom is -0.355 e. The predicted octanol–water partition coefficient (Wildman–Crippen LogP) is 3.47. The lowest BCUT2D eigenvalue weighted by Gasteiger charge is -2.27. The summed E-state index contributed by atoms with van der Waals surface area (Å²) in [6, 6.07) is 2.03. The molecule has 0 atom stereocenters. The molecule has 2 rings (SSSR count). The monoisotopic (exact) mass is 281 g/mol. The lowest BCUT2D eigenvalue weighted by atomic mass is 9.82. The summed E-state index contributed by atoms with van der Waals surface area (Å²) in [5.41, 5.74) is 1.59. The van der Waals surface area contributed by atoms with E-state index in [-0.39, 0.29) is 0 Å². The van der Waals surface area contributed by atoms with Crippen molar-refractivity contribution in [3.05, 3.63) is 22.8 Å². The van der Waals surface area contributed by atoms with E-state index in [9.17, 15) is 0 Å². The zero-order valence-electron chi connectivity index (χ0n) is 12.2. The van der Waals surface area contributed by atoms with Gasteiger partial charge in [0, 0.05) is 25.8 Å². The van der Waals surface area contributed by atoms with Crippen LogP contribution in [-0.4, -0.2) is 25.1 Å². The molecule has 1 saturated heterocycles. The van der Waals surface area contributed by atoms with E-state index in [0.29, 0.717) is 5.41 Å². The topological polar surface area (TPSA) is 28.2 Å². The molecule has 2 heterocycles. The fourth-order valence-corrected chi connectivity index (χ4v) is 3.26. The summed E-state index contributed by atoms with van der Waals surface area (Å²) in [4.78, 5) is 6.91. The molecule has 1 aromatic rings. The summed E-state index contributed by atoms with van der Waals surface area (Å²) in [6.07, 6.45) is 5.64. The molecule has 0 radical (unpaired) electrons. The van der Waals surface area contributed by atoms with Gasteiger partial charge in [-0.2, -0.15) is 0 Å². The first-order valence-electron chi connectivity index (χ1n) is 7.18. The number of pyridine rings is 1. The van der Waals surface area contributed by atoms with Gasteiger partial charge in [-0.1, -0.05) is 25.4 Å². The van der Waals surface area contributed by atoms with Crippen LogP contribution in [-0.2, 0) is 6.54 Å². The summed E-state index contributed by atoms with van der Waals surface area (Å²) >= 11 is 6.39. The highest BCUT2D eigenvalue weighted by atomic mass is 35.5. The van der Waals surface area contributed by atoms with Crippen LogP contribution in [0.15, 0.2) is 12.3 Å². The summed E-state index contributed by atoms with van der Waals surface area (Å²) in [6.45, 7) is 7.54. The van der Waals surface area contributed by atoms with Gasteiger partial charge in [-0.15, -0.1) is 0 Å². The van der Waals surface area contributed by atoms with Gasteiger partial charge in [-0.3, -0.25) is 0 Å². The van der Waals surface area contributed by atoms with Crippen molar-refractivity contribution in [3.8, 4) is 0 Å². The zero-order chi connectivity index (χ0) is 13.9. The van der Waals surface area contributed by atoms with Crippen molar-refractivity contribution >= 4 is 17.4 Å². The number of rotatable bonds is 5. The lowest BCUT2D eigenvalue weighted by molar-refractivity contribution is 0.301. The SMILES string of the molecule is CCC1(CC)CCN(c2ncc(CNC)cc2Cl)C1. The second-order valence-electron chi connectivity index (χ2n) is 5.56. The molecule has 1 fully saturated rings. The van der Waals surface area contributed by atoms with E-state index in [0.717, 1.165) is 36.0 Å². The molecule has 0 unspecified atom stereocenters. The number of nitrogens with zero attached hydrogens (tertiary/aromatic N) is 2. The quantitative estimate of drug-likeness (QED) is 0.896. The molecule has 1 aliphatic heterocycles. The molecule has 106 valence electrons. The van der Waals surface area contributed by atoms with Gasteiger partial charge >= 0.3 is 0 Å². The Labute approximate surface area is 121 Å². The average Bonchev–Trinajstić information content (AvgIpc) is 2.84. The highest BCUT2D eigenvalue weighted by Crippen LogP contribution is 2.40. The predicted molar refractivity (Wildman–Crippen MR) is 81.9 cm³/mol. The molecule has 0 bridgehead atoms. The highest BCUT2D eigenvalue weighted by molar-refractivity contribution is 6.33. The first-order chi connectivity index (χ1) is 9.14. The van der Waals surface area contributed by atoms with Gasteiger partial charge in [-0.25, -0.2) is 4.98 Å². The molecule has 4 heteroatoms.